The number of hydrogen-bond donors (Lipinski definition) is 0. The van der Waals surface area contributed by atoms with E-state index in [1.807, 2.05) is 37.4 Å². The van der Waals surface area contributed by atoms with Crippen LogP contribution in [0.3, 0.4) is 0 Å². The molecule has 3 aromatic carbocycles. The average molecular weight is 688 g/mol. The molecule has 10 nitrogen and oxygen atoms in total. The highest BCUT2D eigenvalue weighted by Gasteiger charge is 2.32. The zero-order valence-corrected chi connectivity index (χ0v) is 27.7. The number of nitro benzene ring substituents is 1. The van der Waals surface area contributed by atoms with E-state index in [0.29, 0.717) is 48.1 Å². The third kappa shape index (κ3) is 12.2. The molecule has 1 heterocycles. The molecule has 3 aromatic rings. The average Bonchev–Trinajstić information content (AvgIpc) is 3.05. The maximum Gasteiger partial charge on any atom is 0.511 e. The SMILES string of the molecule is C[N+](CCOC(=O)OCOC(=O)CCC[N+]1(Cc2ccc(C(F)(F)F)cc2)CCCCC1)(Cc1ccccc1)Cc1ccc([N+](=O)[O-])cc1. The first-order valence-electron chi connectivity index (χ1n) is 16.4. The molecule has 0 aliphatic carbocycles. The lowest BCUT2D eigenvalue weighted by Crippen LogP contribution is -2.51. The number of likely N-dealkylation sites (tertiary alicyclic amines) is 1. The summed E-state index contributed by atoms with van der Waals surface area (Å²) in [5, 5.41) is 11.0. The number of ether oxygens (including phenoxy) is 3. The van der Waals surface area contributed by atoms with E-state index < -0.39 is 35.6 Å². The summed E-state index contributed by atoms with van der Waals surface area (Å²) in [6.45, 7) is 4.09. The molecule has 1 atom stereocenters. The number of carbonyl (C=O) groups is 2. The zero-order chi connectivity index (χ0) is 35.3. The summed E-state index contributed by atoms with van der Waals surface area (Å²) in [7, 11) is 2.00. The monoisotopic (exact) mass is 687 g/mol. The molecular weight excluding hydrogens is 643 g/mol. The lowest BCUT2D eigenvalue weighted by molar-refractivity contribution is -0.945. The molecule has 1 saturated heterocycles. The predicted molar refractivity (Wildman–Crippen MR) is 174 cm³/mol. The number of benzene rings is 3. The van der Waals surface area contributed by atoms with E-state index in [9.17, 15) is 32.9 Å². The summed E-state index contributed by atoms with van der Waals surface area (Å²) in [4.78, 5) is 35.3. The minimum absolute atomic E-state index is 0.0109. The van der Waals surface area contributed by atoms with Gasteiger partial charge in [-0.2, -0.15) is 13.2 Å². The Labute approximate surface area is 284 Å². The van der Waals surface area contributed by atoms with Gasteiger partial charge in [-0.15, -0.1) is 0 Å². The summed E-state index contributed by atoms with van der Waals surface area (Å²) in [6, 6.07) is 21.5. The Bertz CT molecular complexity index is 1510. The maximum atomic E-state index is 13.0. The number of halogens is 3. The second-order valence-corrected chi connectivity index (χ2v) is 13.0. The molecule has 264 valence electrons. The van der Waals surface area contributed by atoms with E-state index in [4.69, 9.17) is 14.2 Å². The van der Waals surface area contributed by atoms with E-state index in [1.54, 1.807) is 12.1 Å². The van der Waals surface area contributed by atoms with Crippen LogP contribution in [-0.4, -0.2) is 72.6 Å². The molecule has 4 rings (SSSR count). The molecule has 13 heteroatoms. The van der Waals surface area contributed by atoms with E-state index in [0.717, 1.165) is 61.2 Å². The molecule has 0 radical (unpaired) electrons. The van der Waals surface area contributed by atoms with Gasteiger partial charge in [0.1, 0.15) is 32.8 Å². The molecule has 0 N–H and O–H groups in total. The number of esters is 1. The predicted octanol–water partition coefficient (Wildman–Crippen LogP) is 7.40. The number of non-ortho nitro benzene ring substituents is 1. The van der Waals surface area contributed by atoms with Crippen molar-refractivity contribution in [2.45, 2.75) is 57.9 Å². The second kappa shape index (κ2) is 17.3. The van der Waals surface area contributed by atoms with Crippen LogP contribution in [0.4, 0.5) is 23.7 Å². The Kier molecular flexibility index (Phi) is 13.1. The van der Waals surface area contributed by atoms with Gasteiger partial charge in [0.25, 0.3) is 5.69 Å². The summed E-state index contributed by atoms with van der Waals surface area (Å²) >= 11 is 0. The van der Waals surface area contributed by atoms with E-state index in [1.165, 1.54) is 24.3 Å². The molecule has 1 unspecified atom stereocenters. The quantitative estimate of drug-likeness (QED) is 0.0508. The van der Waals surface area contributed by atoms with Gasteiger partial charge in [0.15, 0.2) is 0 Å². The number of carbonyl (C=O) groups excluding carboxylic acids is 2. The van der Waals surface area contributed by atoms with Crippen LogP contribution in [0.25, 0.3) is 0 Å². The fraction of sp³-hybridized carbons (Fsp3) is 0.444. The number of piperidine rings is 1. The highest BCUT2D eigenvalue weighted by molar-refractivity contribution is 5.69. The van der Waals surface area contributed by atoms with Gasteiger partial charge < -0.3 is 23.2 Å². The Morgan fingerprint density at radius 2 is 1.45 bits per heavy atom. The molecule has 0 bridgehead atoms. The first kappa shape index (κ1) is 37.3. The van der Waals surface area contributed by atoms with Crippen LogP contribution in [-0.2, 0) is 44.8 Å². The molecule has 49 heavy (non-hydrogen) atoms. The first-order chi connectivity index (χ1) is 23.3. The van der Waals surface area contributed by atoms with Crippen molar-refractivity contribution < 1.29 is 50.9 Å². The minimum Gasteiger partial charge on any atom is -0.428 e. The summed E-state index contributed by atoms with van der Waals surface area (Å²) < 4.78 is 55.5. The van der Waals surface area contributed by atoms with Crippen molar-refractivity contribution in [3.05, 3.63) is 111 Å². The van der Waals surface area contributed by atoms with E-state index in [2.05, 4.69) is 0 Å². The highest BCUT2D eigenvalue weighted by Crippen LogP contribution is 2.30. The smallest absolute Gasteiger partial charge is 0.428 e. The fourth-order valence-corrected chi connectivity index (χ4v) is 6.40. The van der Waals surface area contributed by atoms with Crippen molar-refractivity contribution in [3.8, 4) is 0 Å². The van der Waals surface area contributed by atoms with Crippen molar-refractivity contribution >= 4 is 17.8 Å². The number of nitro groups is 1. The lowest BCUT2D eigenvalue weighted by atomic mass is 10.0. The Hall–Kier alpha value is -4.49. The maximum absolute atomic E-state index is 13.0. The Morgan fingerprint density at radius 1 is 0.837 bits per heavy atom. The first-order valence-corrected chi connectivity index (χ1v) is 16.4. The molecule has 1 aliphatic heterocycles. The van der Waals surface area contributed by atoms with Crippen molar-refractivity contribution in [3.63, 3.8) is 0 Å². The number of likely N-dealkylation sites (N-methyl/N-ethyl adjacent to an activating group) is 1. The number of rotatable bonds is 16. The number of hydrogen-bond acceptors (Lipinski definition) is 7. The Balaban J connectivity index is 1.20. The number of quaternary nitrogens is 2. The summed E-state index contributed by atoms with van der Waals surface area (Å²) in [5.41, 5.74) is 2.14. The minimum atomic E-state index is -4.38. The third-order valence-electron chi connectivity index (χ3n) is 8.94. The van der Waals surface area contributed by atoms with Crippen LogP contribution < -0.4 is 0 Å². The van der Waals surface area contributed by atoms with Crippen LogP contribution in [0.15, 0.2) is 78.9 Å². The van der Waals surface area contributed by atoms with Gasteiger partial charge in [0.05, 0.1) is 43.6 Å². The number of nitrogens with zero attached hydrogens (tertiary/aromatic N) is 3. The van der Waals surface area contributed by atoms with Gasteiger partial charge >= 0.3 is 18.3 Å². The largest absolute Gasteiger partial charge is 0.511 e. The normalized spacial score (nSPS) is 15.5. The van der Waals surface area contributed by atoms with Crippen molar-refractivity contribution in [2.24, 2.45) is 0 Å². The van der Waals surface area contributed by atoms with E-state index in [-0.39, 0.29) is 18.7 Å². The summed E-state index contributed by atoms with van der Waals surface area (Å²) in [6.07, 6.45) is -1.57. The molecule has 1 fully saturated rings. The summed E-state index contributed by atoms with van der Waals surface area (Å²) in [5.74, 6) is -0.521. The number of alkyl halides is 3. The second-order valence-electron chi connectivity index (χ2n) is 13.0. The van der Waals surface area contributed by atoms with Crippen LogP contribution >= 0.6 is 0 Å². The van der Waals surface area contributed by atoms with Crippen LogP contribution in [0.2, 0.25) is 0 Å². The molecule has 0 amide bonds. The fourth-order valence-electron chi connectivity index (χ4n) is 6.40. The van der Waals surface area contributed by atoms with Crippen LogP contribution in [0.5, 0.6) is 0 Å². The van der Waals surface area contributed by atoms with Gasteiger partial charge in [-0.25, -0.2) is 4.79 Å². The molecule has 0 spiro atoms. The van der Waals surface area contributed by atoms with Gasteiger partial charge in [-0.1, -0.05) is 42.5 Å². The van der Waals surface area contributed by atoms with Gasteiger partial charge in [0.2, 0.25) is 6.79 Å². The van der Waals surface area contributed by atoms with Crippen molar-refractivity contribution in [1.82, 2.24) is 0 Å². The van der Waals surface area contributed by atoms with Crippen LogP contribution in [0, 0.1) is 10.1 Å². The van der Waals surface area contributed by atoms with Crippen LogP contribution in [0.1, 0.15) is 54.4 Å². The third-order valence-corrected chi connectivity index (χ3v) is 8.94. The van der Waals surface area contributed by atoms with Crippen molar-refractivity contribution in [1.29, 1.82) is 0 Å². The molecular formula is C36H44F3N3O7+2. The van der Waals surface area contributed by atoms with Gasteiger partial charge in [-0.3, -0.25) is 14.9 Å². The standard InChI is InChI=1S/C36H44F3N3O7/c1-41(25-29-9-4-2-5-10-29,26-30-14-18-33(19-15-30)40(45)46)23-24-47-35(44)49-28-48-34(43)11-8-22-42(20-6-3-7-21-42)27-31-12-16-32(17-13-31)36(37,38)39/h2,4-5,9-10,12-19H,3,6-8,11,20-28H2,1H3/q+2. The zero-order valence-electron chi connectivity index (χ0n) is 27.7. The lowest BCUT2D eigenvalue weighted by Gasteiger charge is -2.42. The van der Waals surface area contributed by atoms with Gasteiger partial charge in [-0.05, 0) is 43.5 Å². The highest BCUT2D eigenvalue weighted by atomic mass is 19.4. The van der Waals surface area contributed by atoms with E-state index >= 15 is 0 Å². The molecule has 0 aromatic heterocycles. The topological polar surface area (TPSA) is 105 Å². The Morgan fingerprint density at radius 3 is 2.06 bits per heavy atom. The molecule has 1 aliphatic rings. The van der Waals surface area contributed by atoms with Crippen molar-refractivity contribution in [2.75, 3.05) is 46.6 Å². The van der Waals surface area contributed by atoms with Gasteiger partial charge in [0, 0.05) is 35.2 Å². The molecule has 0 saturated carbocycles.